The average Bonchev–Trinajstić information content (AvgIpc) is 2.94. The number of rotatable bonds is 9. The van der Waals surface area contributed by atoms with Crippen molar-refractivity contribution >= 4 is 55.6 Å². The Morgan fingerprint density at radius 3 is 1.87 bits per heavy atom. The van der Waals surface area contributed by atoms with Crippen molar-refractivity contribution in [2.45, 2.75) is 6.61 Å². The lowest BCUT2D eigenvalue weighted by Crippen LogP contribution is -2.31. The molecule has 3 rings (SSSR count). The maximum atomic E-state index is 12.1. The number of benzene rings is 1. The number of carbonyl (C=O) groups excluding carboxylic acids is 4. The molecule has 0 saturated carbocycles. The topological polar surface area (TPSA) is 166 Å². The molecular weight excluding hydrogens is 644 g/mol. The zero-order valence-corrected chi connectivity index (χ0v) is 23.9. The number of methoxy groups -OCH3 is 2. The van der Waals surface area contributed by atoms with E-state index in [0.717, 1.165) is 5.56 Å². The van der Waals surface area contributed by atoms with Gasteiger partial charge in [0, 0.05) is 21.3 Å². The number of amides is 2. The number of hydrogen-bond acceptors (Lipinski definition) is 10. The summed E-state index contributed by atoms with van der Waals surface area (Å²) in [6, 6.07) is 12.5. The summed E-state index contributed by atoms with van der Waals surface area (Å²) >= 11 is 6.39. The molecule has 2 amide bonds. The number of pyridine rings is 2. The van der Waals surface area contributed by atoms with Gasteiger partial charge in [0.2, 0.25) is 0 Å². The number of ether oxygens (including phenoxy) is 3. The molecule has 0 unspecified atom stereocenters. The number of esters is 2. The number of nitrogens with one attached hydrogen (secondary N) is 2. The Kier molecular flexibility index (Phi) is 12.8. The van der Waals surface area contributed by atoms with Crippen LogP contribution in [0.25, 0.3) is 0 Å². The summed E-state index contributed by atoms with van der Waals surface area (Å²) in [5, 5.41) is 14.1. The summed E-state index contributed by atoms with van der Waals surface area (Å²) in [7, 11) is 2.46. The molecular formula is C25H24Br2N4O8. The van der Waals surface area contributed by atoms with Crippen molar-refractivity contribution in [3.05, 3.63) is 80.8 Å². The highest BCUT2D eigenvalue weighted by atomic mass is 79.9. The highest BCUT2D eigenvalue weighted by molar-refractivity contribution is 9.10. The molecule has 2 heterocycles. The van der Waals surface area contributed by atoms with Gasteiger partial charge in [0.25, 0.3) is 11.8 Å². The smallest absolute Gasteiger partial charge is 0.325 e. The molecule has 0 saturated heterocycles. The minimum absolute atomic E-state index is 0.105. The molecule has 0 bridgehead atoms. The van der Waals surface area contributed by atoms with Gasteiger partial charge in [0.15, 0.2) is 17.1 Å². The van der Waals surface area contributed by atoms with E-state index in [1.54, 1.807) is 6.07 Å². The van der Waals surface area contributed by atoms with Crippen LogP contribution in [0.15, 0.2) is 63.8 Å². The molecule has 0 spiro atoms. The van der Waals surface area contributed by atoms with E-state index in [1.165, 1.54) is 32.7 Å². The molecule has 0 fully saturated rings. The lowest BCUT2D eigenvalue weighted by Gasteiger charge is -2.11. The van der Waals surface area contributed by atoms with E-state index in [1.807, 2.05) is 30.3 Å². The van der Waals surface area contributed by atoms with Gasteiger partial charge in [0.1, 0.15) is 25.4 Å². The highest BCUT2D eigenvalue weighted by Gasteiger charge is 2.17. The standard InChI is InChI=1S/C16H15BrN2O4.C9H9BrN2O4/c1-22-14(20)9-19-16(21)15-13(7-12(17)8-18-15)23-10-11-5-3-2-4-6-11;1-16-7(14)4-12-9(15)8-6(13)2-5(10)3-11-8/h2-8H,9-10H2,1H3,(H,19,21);2-3,13H,4H2,1H3,(H,12,15). The second kappa shape index (κ2) is 16.0. The quantitative estimate of drug-likeness (QED) is 0.289. The van der Waals surface area contributed by atoms with E-state index in [0.29, 0.717) is 21.3 Å². The highest BCUT2D eigenvalue weighted by Crippen LogP contribution is 2.23. The SMILES string of the molecule is COC(=O)CNC(=O)c1ncc(Br)cc1O.COC(=O)CNC(=O)c1ncc(Br)cc1OCc1ccccc1. The first kappa shape index (κ1) is 31.2. The third-order valence-corrected chi connectivity index (χ3v) is 5.43. The second-order valence-electron chi connectivity index (χ2n) is 7.31. The molecule has 3 N–H and O–H groups in total. The van der Waals surface area contributed by atoms with E-state index in [-0.39, 0.29) is 30.2 Å². The van der Waals surface area contributed by atoms with Crippen LogP contribution in [0.2, 0.25) is 0 Å². The fourth-order valence-corrected chi connectivity index (χ4v) is 3.29. The van der Waals surface area contributed by atoms with Crippen LogP contribution >= 0.6 is 31.9 Å². The van der Waals surface area contributed by atoms with Gasteiger partial charge in [-0.3, -0.25) is 19.2 Å². The largest absolute Gasteiger partial charge is 0.505 e. The monoisotopic (exact) mass is 666 g/mol. The molecule has 39 heavy (non-hydrogen) atoms. The van der Waals surface area contributed by atoms with E-state index >= 15 is 0 Å². The molecule has 1 aromatic carbocycles. The average molecular weight is 668 g/mol. The normalized spacial score (nSPS) is 9.85. The third-order valence-electron chi connectivity index (χ3n) is 4.56. The number of hydrogen-bond donors (Lipinski definition) is 3. The molecule has 206 valence electrons. The van der Waals surface area contributed by atoms with E-state index in [9.17, 15) is 24.3 Å². The zero-order chi connectivity index (χ0) is 28.8. The van der Waals surface area contributed by atoms with Crippen LogP contribution < -0.4 is 15.4 Å². The Labute approximate surface area is 240 Å². The van der Waals surface area contributed by atoms with Crippen molar-refractivity contribution in [1.29, 1.82) is 0 Å². The van der Waals surface area contributed by atoms with E-state index < -0.39 is 23.8 Å². The number of aromatic hydroxyl groups is 1. The lowest BCUT2D eigenvalue weighted by atomic mass is 10.2. The van der Waals surface area contributed by atoms with Crippen molar-refractivity contribution in [1.82, 2.24) is 20.6 Å². The van der Waals surface area contributed by atoms with Crippen LogP contribution in [-0.4, -0.2) is 66.1 Å². The van der Waals surface area contributed by atoms with Gasteiger partial charge in [-0.25, -0.2) is 9.97 Å². The van der Waals surface area contributed by atoms with Crippen LogP contribution in [0.1, 0.15) is 26.5 Å². The molecule has 0 aliphatic heterocycles. The first-order valence-electron chi connectivity index (χ1n) is 11.0. The van der Waals surface area contributed by atoms with Crippen LogP contribution in [0.5, 0.6) is 11.5 Å². The van der Waals surface area contributed by atoms with Gasteiger partial charge >= 0.3 is 11.9 Å². The minimum atomic E-state index is -0.643. The van der Waals surface area contributed by atoms with Gasteiger partial charge in [-0.05, 0) is 49.6 Å². The van der Waals surface area contributed by atoms with Crippen molar-refractivity contribution in [2.75, 3.05) is 27.3 Å². The first-order chi connectivity index (χ1) is 18.6. The Hall–Kier alpha value is -4.04. The minimum Gasteiger partial charge on any atom is -0.505 e. The maximum Gasteiger partial charge on any atom is 0.325 e. The predicted molar refractivity (Wildman–Crippen MR) is 145 cm³/mol. The third kappa shape index (κ3) is 10.7. The Bertz CT molecular complexity index is 1310. The molecule has 0 aliphatic rings. The summed E-state index contributed by atoms with van der Waals surface area (Å²) in [4.78, 5) is 53.2. The van der Waals surface area contributed by atoms with Crippen LogP contribution in [-0.2, 0) is 25.7 Å². The zero-order valence-electron chi connectivity index (χ0n) is 20.8. The Morgan fingerprint density at radius 2 is 1.33 bits per heavy atom. The van der Waals surface area contributed by atoms with Gasteiger partial charge in [-0.15, -0.1) is 0 Å². The summed E-state index contributed by atoms with van der Waals surface area (Å²) in [5.74, 6) is -2.21. The molecule has 12 nitrogen and oxygen atoms in total. The van der Waals surface area contributed by atoms with E-state index in [4.69, 9.17) is 4.74 Å². The molecule has 2 aromatic heterocycles. The Morgan fingerprint density at radius 1 is 0.821 bits per heavy atom. The van der Waals surface area contributed by atoms with Gasteiger partial charge < -0.3 is 30.0 Å². The van der Waals surface area contributed by atoms with Crippen LogP contribution in [0.3, 0.4) is 0 Å². The van der Waals surface area contributed by atoms with Crippen LogP contribution in [0.4, 0.5) is 0 Å². The molecule has 3 aromatic rings. The summed E-state index contributed by atoms with van der Waals surface area (Å²) in [5.41, 5.74) is 0.925. The summed E-state index contributed by atoms with van der Waals surface area (Å²) in [6.45, 7) is -0.200. The molecule has 14 heteroatoms. The fraction of sp³-hybridized carbons (Fsp3) is 0.200. The van der Waals surface area contributed by atoms with Gasteiger partial charge in [0.05, 0.1) is 14.2 Å². The van der Waals surface area contributed by atoms with Crippen LogP contribution in [0, 0.1) is 0 Å². The molecule has 0 aliphatic carbocycles. The van der Waals surface area contributed by atoms with Crippen molar-refractivity contribution in [3.8, 4) is 11.5 Å². The maximum absolute atomic E-state index is 12.1. The van der Waals surface area contributed by atoms with Crippen molar-refractivity contribution in [2.24, 2.45) is 0 Å². The summed E-state index contributed by atoms with van der Waals surface area (Å²) in [6.07, 6.45) is 2.86. The summed E-state index contributed by atoms with van der Waals surface area (Å²) < 4.78 is 15.7. The number of nitrogens with zero attached hydrogens (tertiary/aromatic N) is 2. The molecule has 0 atom stereocenters. The van der Waals surface area contributed by atoms with Crippen molar-refractivity contribution < 1.29 is 38.5 Å². The lowest BCUT2D eigenvalue weighted by molar-refractivity contribution is -0.140. The number of aromatic nitrogens is 2. The van der Waals surface area contributed by atoms with Gasteiger partial charge in [-0.1, -0.05) is 30.3 Å². The first-order valence-corrected chi connectivity index (χ1v) is 12.6. The Balaban J connectivity index is 0.000000293. The molecule has 0 radical (unpaired) electrons. The van der Waals surface area contributed by atoms with Gasteiger partial charge in [-0.2, -0.15) is 0 Å². The number of halogens is 2. The van der Waals surface area contributed by atoms with E-state index in [2.05, 4.69) is 61.9 Å². The van der Waals surface area contributed by atoms with Crippen molar-refractivity contribution in [3.63, 3.8) is 0 Å². The predicted octanol–water partition coefficient (Wildman–Crippen LogP) is 2.78. The number of carbonyl (C=O) groups is 4. The second-order valence-corrected chi connectivity index (χ2v) is 9.14. The fourth-order valence-electron chi connectivity index (χ4n) is 2.66.